The summed E-state index contributed by atoms with van der Waals surface area (Å²) >= 11 is 0. The molecule has 13 heteroatoms. The van der Waals surface area contributed by atoms with E-state index in [4.69, 9.17) is 57.7 Å². The number of aryl methyl sites for hydroxylation is 1. The van der Waals surface area contributed by atoms with Gasteiger partial charge in [-0.05, 0) is 76.9 Å². The zero-order valence-electron chi connectivity index (χ0n) is 65.7. The van der Waals surface area contributed by atoms with E-state index in [1.165, 1.54) is 186 Å². The lowest BCUT2D eigenvalue weighted by Crippen LogP contribution is -2.62. The largest absolute Gasteiger partial charge is 0.497 e. The van der Waals surface area contributed by atoms with Crippen molar-refractivity contribution < 1.29 is 47.4 Å². The Hall–Kier alpha value is -6.26. The highest BCUT2D eigenvalue weighted by molar-refractivity contribution is 5.28. The SMILES string of the molecule is CCCCCCCCCCCCCCCCCCCCCCCc1cn([C@@H](CO[C@H]2OC(COCc3ccccc3)[C@H](OCc3ccccc3)[C@@H](OCc3ccccc3)[C@@H]2OCc2ccccc2)[C@H](OCc2ccc(OC)cc2)[C@@H](CCCCCCCCCCCCCC)OCc2ccc(OC)cc2)nn1. The van der Waals surface area contributed by atoms with Gasteiger partial charge in [-0.15, -0.1) is 5.10 Å². The lowest BCUT2D eigenvalue weighted by molar-refractivity contribution is -0.331. The average molecular weight is 1460 g/mol. The molecule has 0 saturated carbocycles. The summed E-state index contributed by atoms with van der Waals surface area (Å²) < 4.78 is 71.2. The summed E-state index contributed by atoms with van der Waals surface area (Å²) in [5, 5.41) is 10.1. The maximum Gasteiger partial charge on any atom is 0.187 e. The van der Waals surface area contributed by atoms with Crippen LogP contribution >= 0.6 is 0 Å². The predicted molar refractivity (Wildman–Crippen MR) is 430 cm³/mol. The van der Waals surface area contributed by atoms with Crippen molar-refractivity contribution in [3.8, 4) is 11.5 Å². The van der Waals surface area contributed by atoms with Gasteiger partial charge in [-0.25, -0.2) is 4.68 Å². The highest BCUT2D eigenvalue weighted by Crippen LogP contribution is 2.35. The molecule has 1 unspecified atom stereocenters. The van der Waals surface area contributed by atoms with Crippen molar-refractivity contribution in [3.05, 3.63) is 215 Å². The van der Waals surface area contributed by atoms with Crippen LogP contribution in [0, 0.1) is 0 Å². The standard InChI is InChI=1S/C93H135N3O10/c1-5-7-9-11-13-15-17-19-20-21-22-23-24-25-26-27-28-30-32-34-48-58-83-68-96(95-94-83)86(89(101-74-82-62-66-85(98-4)67-63-82)87(100-70-81-60-64-84(97-3)65-61-81)59-49-35-33-31-29-18-16-14-12-10-8-6-2)75-105-93-92(104-73-80-56-46-39-47-57-80)91(103-72-79-54-44-38-45-55-79)90(102-71-78-52-42-37-43-53-78)88(106-93)76-99-69-77-50-40-36-41-51-77/h36-47,50-57,60-68,86-93H,5-35,48-49,58-59,69-76H2,1-4H3/t86-,87+,88?,89-,90-,91+,92-,93-/m0/s1. The molecule has 8 atom stereocenters. The monoisotopic (exact) mass is 1450 g/mol. The normalized spacial score (nSPS) is 16.8. The van der Waals surface area contributed by atoms with E-state index in [9.17, 15) is 0 Å². The fourth-order valence-corrected chi connectivity index (χ4v) is 14.6. The molecule has 0 amide bonds. The third kappa shape index (κ3) is 34.1. The van der Waals surface area contributed by atoms with Gasteiger partial charge in [-0.3, -0.25) is 0 Å². The second kappa shape index (κ2) is 54.4. The molecule has 1 aromatic heterocycles. The van der Waals surface area contributed by atoms with Crippen LogP contribution in [-0.2, 0) is 84.0 Å². The van der Waals surface area contributed by atoms with Gasteiger partial charge in [-0.1, -0.05) is 370 Å². The molecule has 1 aliphatic rings. The molecule has 0 aliphatic carbocycles. The number of hydrogen-bond acceptors (Lipinski definition) is 12. The smallest absolute Gasteiger partial charge is 0.187 e. The van der Waals surface area contributed by atoms with Crippen LogP contribution in [0.1, 0.15) is 277 Å². The fourth-order valence-electron chi connectivity index (χ4n) is 14.6. The van der Waals surface area contributed by atoms with Gasteiger partial charge >= 0.3 is 0 Å². The van der Waals surface area contributed by atoms with Crippen LogP contribution in [0.3, 0.4) is 0 Å². The minimum Gasteiger partial charge on any atom is -0.497 e. The van der Waals surface area contributed by atoms with Crippen LogP contribution in [0.15, 0.2) is 176 Å². The van der Waals surface area contributed by atoms with Gasteiger partial charge in [-0.2, -0.15) is 0 Å². The van der Waals surface area contributed by atoms with Crippen LogP contribution in [0.4, 0.5) is 0 Å². The lowest BCUT2D eigenvalue weighted by Gasteiger charge is -2.46. The van der Waals surface area contributed by atoms with Crippen LogP contribution < -0.4 is 9.47 Å². The number of methoxy groups -OCH3 is 2. The molecule has 0 N–H and O–H groups in total. The summed E-state index contributed by atoms with van der Waals surface area (Å²) in [6, 6.07) is 56.8. The number of ether oxygens (including phenoxy) is 10. The van der Waals surface area contributed by atoms with E-state index in [-0.39, 0.29) is 19.8 Å². The van der Waals surface area contributed by atoms with Gasteiger partial charge in [0.1, 0.15) is 48.1 Å². The Morgan fingerprint density at radius 1 is 0.368 bits per heavy atom. The highest BCUT2D eigenvalue weighted by atomic mass is 16.7. The minimum absolute atomic E-state index is 0.0880. The Labute approximate surface area is 640 Å². The number of benzene rings is 6. The zero-order valence-corrected chi connectivity index (χ0v) is 65.7. The Bertz CT molecular complexity index is 3200. The number of rotatable bonds is 62. The van der Waals surface area contributed by atoms with Gasteiger partial charge in [0.25, 0.3) is 0 Å². The van der Waals surface area contributed by atoms with Crippen molar-refractivity contribution in [2.45, 2.75) is 327 Å². The van der Waals surface area contributed by atoms with Gasteiger partial charge < -0.3 is 47.4 Å². The van der Waals surface area contributed by atoms with Crippen LogP contribution in [0.5, 0.6) is 11.5 Å². The number of aromatic nitrogens is 3. The molecule has 0 radical (unpaired) electrons. The molecule has 1 aliphatic heterocycles. The summed E-state index contributed by atoms with van der Waals surface area (Å²) in [5.41, 5.74) is 7.08. The molecule has 1 fully saturated rings. The first-order chi connectivity index (χ1) is 52.5. The Morgan fingerprint density at radius 2 is 0.736 bits per heavy atom. The lowest BCUT2D eigenvalue weighted by atomic mass is 9.97. The molecule has 8 rings (SSSR count). The summed E-state index contributed by atoms with van der Waals surface area (Å²) in [6.07, 6.45) is 42.3. The van der Waals surface area contributed by atoms with E-state index in [2.05, 4.69) is 92.8 Å². The Morgan fingerprint density at radius 3 is 1.16 bits per heavy atom. The topological polar surface area (TPSA) is 123 Å². The molecule has 7 aromatic rings. The molecule has 582 valence electrons. The predicted octanol–water partition coefficient (Wildman–Crippen LogP) is 23.6. The van der Waals surface area contributed by atoms with Crippen molar-refractivity contribution in [1.29, 1.82) is 0 Å². The second-order valence-corrected chi connectivity index (χ2v) is 29.7. The first-order valence-corrected chi connectivity index (χ1v) is 41.7. The van der Waals surface area contributed by atoms with Crippen molar-refractivity contribution in [2.75, 3.05) is 27.4 Å². The van der Waals surface area contributed by atoms with E-state index in [1.54, 1.807) is 14.2 Å². The first kappa shape index (κ1) is 85.3. The molecule has 13 nitrogen and oxygen atoms in total. The highest BCUT2D eigenvalue weighted by Gasteiger charge is 2.50. The van der Waals surface area contributed by atoms with Gasteiger partial charge in [0.15, 0.2) is 6.29 Å². The van der Waals surface area contributed by atoms with Crippen molar-refractivity contribution >= 4 is 0 Å². The second-order valence-electron chi connectivity index (χ2n) is 29.7. The molecule has 0 spiro atoms. The van der Waals surface area contributed by atoms with Crippen molar-refractivity contribution in [3.63, 3.8) is 0 Å². The van der Waals surface area contributed by atoms with E-state index in [0.29, 0.717) is 33.0 Å². The van der Waals surface area contributed by atoms with E-state index in [1.807, 2.05) is 102 Å². The van der Waals surface area contributed by atoms with Crippen LogP contribution in [0.2, 0.25) is 0 Å². The molecule has 106 heavy (non-hydrogen) atoms. The van der Waals surface area contributed by atoms with E-state index < -0.39 is 49.0 Å². The molecule has 2 heterocycles. The molecular formula is C93H135N3O10. The maximum atomic E-state index is 7.53. The molecule has 6 aromatic carbocycles. The fraction of sp³-hybridized carbons (Fsp3) is 0.591. The number of nitrogens with zero attached hydrogens (tertiary/aromatic N) is 3. The minimum atomic E-state index is -0.992. The van der Waals surface area contributed by atoms with Gasteiger partial charge in [0.2, 0.25) is 0 Å². The molecule has 1 saturated heterocycles. The van der Waals surface area contributed by atoms with Crippen molar-refractivity contribution in [1.82, 2.24) is 15.0 Å². The van der Waals surface area contributed by atoms with E-state index >= 15 is 0 Å². The third-order valence-electron chi connectivity index (χ3n) is 21.0. The van der Waals surface area contributed by atoms with Gasteiger partial charge in [0, 0.05) is 6.20 Å². The maximum absolute atomic E-state index is 7.53. The zero-order chi connectivity index (χ0) is 73.8. The first-order valence-electron chi connectivity index (χ1n) is 41.7. The van der Waals surface area contributed by atoms with Crippen LogP contribution in [-0.4, -0.2) is 85.3 Å². The number of unbranched alkanes of at least 4 members (excludes halogenated alkanes) is 31. The summed E-state index contributed by atoms with van der Waals surface area (Å²) in [4.78, 5) is 0. The van der Waals surface area contributed by atoms with Crippen LogP contribution in [0.25, 0.3) is 0 Å². The van der Waals surface area contributed by atoms with Crippen molar-refractivity contribution in [2.24, 2.45) is 0 Å². The summed E-state index contributed by atoms with van der Waals surface area (Å²) in [5.74, 6) is 1.58. The molecule has 0 bridgehead atoms. The third-order valence-corrected chi connectivity index (χ3v) is 21.0. The number of hydrogen-bond donors (Lipinski definition) is 0. The van der Waals surface area contributed by atoms with E-state index in [0.717, 1.165) is 89.1 Å². The Kier molecular flexibility index (Phi) is 43.8. The average Bonchev–Trinajstić information content (AvgIpc) is 1.14. The summed E-state index contributed by atoms with van der Waals surface area (Å²) in [6.45, 7) is 6.78. The quantitative estimate of drug-likeness (QED) is 0.0337. The van der Waals surface area contributed by atoms with Gasteiger partial charge in [0.05, 0.1) is 78.9 Å². The summed E-state index contributed by atoms with van der Waals surface area (Å²) in [7, 11) is 3.40. The molecular weight excluding hydrogens is 1320 g/mol. The Balaban J connectivity index is 1.05.